The van der Waals surface area contributed by atoms with Gasteiger partial charge in [0.25, 0.3) is 4.84 Å². The van der Waals surface area contributed by atoms with Crippen molar-refractivity contribution >= 4 is 24.4 Å². The van der Waals surface area contributed by atoms with E-state index in [9.17, 15) is 0 Å². The van der Waals surface area contributed by atoms with Crippen molar-refractivity contribution in [3.05, 3.63) is 53.0 Å². The first-order valence-electron chi connectivity index (χ1n) is 4.46. The summed E-state index contributed by atoms with van der Waals surface area (Å²) in [6.07, 6.45) is 9.73. The fourth-order valence-electron chi connectivity index (χ4n) is 0.669. The molecule has 0 fully saturated rings. The van der Waals surface area contributed by atoms with Gasteiger partial charge in [-0.25, -0.2) is 10.1 Å². The molecule has 0 radical (unpaired) electrons. The number of H-pyrrole nitrogens is 3. The molecule has 0 bridgehead atoms. The fourth-order valence-corrected chi connectivity index (χ4v) is 0.896. The Bertz CT molecular complexity index is 487. The van der Waals surface area contributed by atoms with Gasteiger partial charge in [-0.2, -0.15) is 0 Å². The first kappa shape index (κ1) is 13.1. The molecule has 3 aromatic rings. The van der Waals surface area contributed by atoms with Gasteiger partial charge in [0.05, 0.1) is 6.33 Å². The molecule has 3 rings (SSSR count). The average Bonchev–Trinajstić information content (AvgIpc) is 2.99. The number of hydrogen-bond donors (Lipinski definition) is 3. The van der Waals surface area contributed by atoms with Gasteiger partial charge in [-0.15, -0.1) is 0 Å². The van der Waals surface area contributed by atoms with Gasteiger partial charge in [-0.05, 0) is 12.2 Å². The van der Waals surface area contributed by atoms with E-state index in [0.29, 0.717) is 9.48 Å². The van der Waals surface area contributed by atoms with Crippen LogP contribution in [0.25, 0.3) is 0 Å². The highest BCUT2D eigenvalue weighted by Crippen LogP contribution is 1.81. The van der Waals surface area contributed by atoms with Crippen LogP contribution in [0.2, 0.25) is 0 Å². The Hall–Kier alpha value is -1.93. The summed E-state index contributed by atoms with van der Waals surface area (Å²) in [7, 11) is 0. The maximum atomic E-state index is 4.60. The molecule has 0 saturated heterocycles. The molecule has 8 heteroatoms. The molecule has 0 aliphatic carbocycles. The lowest BCUT2D eigenvalue weighted by Crippen LogP contribution is -1.47. The van der Waals surface area contributed by atoms with Crippen LogP contribution in [0.4, 0.5) is 0 Å². The van der Waals surface area contributed by atoms with Crippen LogP contribution in [0.1, 0.15) is 0 Å². The maximum absolute atomic E-state index is 4.60. The third-order valence-electron chi connectivity index (χ3n) is 1.30. The topological polar surface area (TPSA) is 86.5 Å². The minimum atomic E-state index is 0.426. The van der Waals surface area contributed by atoms with Gasteiger partial charge >= 0.3 is 0 Å². The quantitative estimate of drug-likeness (QED) is 0.546. The molecule has 0 saturated carbocycles. The van der Waals surface area contributed by atoms with Crippen molar-refractivity contribution in [2.45, 2.75) is 0 Å². The molecule has 17 heavy (non-hydrogen) atoms. The Labute approximate surface area is 107 Å². The highest BCUT2D eigenvalue weighted by Gasteiger charge is 1.68. The smallest absolute Gasteiger partial charge is 0.265 e. The summed E-state index contributed by atoms with van der Waals surface area (Å²) in [5.41, 5.74) is 0. The molecule has 0 amide bonds. The molecule has 3 heterocycles. The maximum Gasteiger partial charge on any atom is 0.265 e. The van der Waals surface area contributed by atoms with Crippen molar-refractivity contribution in [2.24, 2.45) is 0 Å². The van der Waals surface area contributed by atoms with E-state index < -0.39 is 0 Å². The zero-order chi connectivity index (χ0) is 12.3. The van der Waals surface area contributed by atoms with Gasteiger partial charge in [0.2, 0.25) is 0 Å². The Morgan fingerprint density at radius 3 is 2.24 bits per heavy atom. The van der Waals surface area contributed by atoms with Crippen LogP contribution in [-0.4, -0.2) is 20.1 Å². The summed E-state index contributed by atoms with van der Waals surface area (Å²) < 4.78 is 9.71. The van der Waals surface area contributed by atoms with Crippen molar-refractivity contribution in [3.63, 3.8) is 0 Å². The molecule has 3 N–H and O–H groups in total. The second-order valence-electron chi connectivity index (χ2n) is 2.50. The van der Waals surface area contributed by atoms with Gasteiger partial charge in [0.1, 0.15) is 17.2 Å². The number of aromatic nitrogens is 4. The molecule has 0 aliphatic heterocycles. The second kappa shape index (κ2) is 8.25. The second-order valence-corrected chi connectivity index (χ2v) is 3.31. The Morgan fingerprint density at radius 1 is 1.18 bits per heavy atom. The van der Waals surface area contributed by atoms with Crippen LogP contribution in [0.3, 0.4) is 0 Å². The molecule has 0 unspecified atom stereocenters. The Balaban J connectivity index is 0.000000128. The first-order valence-corrected chi connectivity index (χ1v) is 5.28. The Morgan fingerprint density at radius 2 is 2.06 bits per heavy atom. The molecular weight excluding hydrogens is 260 g/mol. The molecular formula is C9H10N4O2S2. The highest BCUT2D eigenvalue weighted by molar-refractivity contribution is 7.71. The van der Waals surface area contributed by atoms with Crippen molar-refractivity contribution in [1.82, 2.24) is 20.1 Å². The number of hydrogen-bond acceptors (Lipinski definition) is 5. The monoisotopic (exact) mass is 270 g/mol. The lowest BCUT2D eigenvalue weighted by Gasteiger charge is -1.56. The molecule has 0 aromatic carbocycles. The summed E-state index contributed by atoms with van der Waals surface area (Å²) in [6.45, 7) is 0. The van der Waals surface area contributed by atoms with E-state index in [1.54, 1.807) is 31.0 Å². The number of imidazole rings is 1. The van der Waals surface area contributed by atoms with E-state index in [1.807, 2.05) is 0 Å². The number of oxazole rings is 1. The van der Waals surface area contributed by atoms with Crippen LogP contribution in [-0.2, 0) is 0 Å². The van der Waals surface area contributed by atoms with Crippen LogP contribution in [0.5, 0.6) is 0 Å². The van der Waals surface area contributed by atoms with Crippen molar-refractivity contribution in [3.8, 4) is 0 Å². The largest absolute Gasteiger partial charge is 0.438 e. The molecule has 3 aromatic heterocycles. The van der Waals surface area contributed by atoms with E-state index in [0.717, 1.165) is 0 Å². The van der Waals surface area contributed by atoms with Crippen LogP contribution >= 0.6 is 24.4 Å². The van der Waals surface area contributed by atoms with Gasteiger partial charge in [0.15, 0.2) is 0 Å². The SMILES string of the molecule is S=c1[nH]cco1.S=c1cco[nH]1.c1c[nH]cn1. The van der Waals surface area contributed by atoms with E-state index in [4.69, 9.17) is 0 Å². The summed E-state index contributed by atoms with van der Waals surface area (Å²) in [6, 6.07) is 1.68. The number of nitrogens with zero attached hydrogens (tertiary/aromatic N) is 1. The standard InChI is InChI=1S/C3H4N2.2C3H3NOS/c1-2-5-3-4-1;6-3-4-1-2-5-3;6-3-1-2-5-4-3/h1-3H,(H,4,5);2*1-2H,(H,4,6). The minimum absolute atomic E-state index is 0.426. The summed E-state index contributed by atoms with van der Waals surface area (Å²) >= 11 is 9.12. The van der Waals surface area contributed by atoms with E-state index in [2.05, 4.69) is 53.5 Å². The summed E-state index contributed by atoms with van der Waals surface area (Å²) in [5, 5.41) is 2.44. The lowest BCUT2D eigenvalue weighted by atomic mass is 10.8. The molecule has 0 aliphatic rings. The zero-order valence-corrected chi connectivity index (χ0v) is 10.3. The zero-order valence-electron chi connectivity index (χ0n) is 8.62. The molecule has 6 nitrogen and oxygen atoms in total. The predicted molar refractivity (Wildman–Crippen MR) is 66.4 cm³/mol. The normalized spacial score (nSPS) is 8.47. The third-order valence-corrected chi connectivity index (χ3v) is 1.73. The predicted octanol–water partition coefficient (Wildman–Crippen LogP) is 3.08. The molecule has 0 atom stereocenters. The number of nitrogens with one attached hydrogen (secondary N) is 3. The van der Waals surface area contributed by atoms with Gasteiger partial charge in [0, 0.05) is 24.7 Å². The van der Waals surface area contributed by atoms with Crippen LogP contribution in [0, 0.1) is 9.48 Å². The van der Waals surface area contributed by atoms with Crippen molar-refractivity contribution in [1.29, 1.82) is 0 Å². The van der Waals surface area contributed by atoms with Gasteiger partial charge < -0.3 is 18.9 Å². The lowest BCUT2D eigenvalue weighted by molar-refractivity contribution is 0.417. The van der Waals surface area contributed by atoms with E-state index >= 15 is 0 Å². The highest BCUT2D eigenvalue weighted by atomic mass is 32.1. The van der Waals surface area contributed by atoms with Crippen molar-refractivity contribution in [2.75, 3.05) is 0 Å². The number of aromatic amines is 3. The summed E-state index contributed by atoms with van der Waals surface area (Å²) in [5.74, 6) is 0. The van der Waals surface area contributed by atoms with Gasteiger partial charge in [-0.3, -0.25) is 0 Å². The summed E-state index contributed by atoms with van der Waals surface area (Å²) in [4.78, 5) is 9.49. The molecule has 0 spiro atoms. The van der Waals surface area contributed by atoms with Crippen LogP contribution in [0.15, 0.2) is 52.5 Å². The number of rotatable bonds is 0. The first-order chi connectivity index (χ1) is 8.29. The average molecular weight is 270 g/mol. The fraction of sp³-hybridized carbons (Fsp3) is 0. The van der Waals surface area contributed by atoms with Gasteiger partial charge in [-0.1, -0.05) is 12.2 Å². The third kappa shape index (κ3) is 7.03. The Kier molecular flexibility index (Phi) is 6.37. The van der Waals surface area contributed by atoms with E-state index in [1.165, 1.54) is 12.5 Å². The van der Waals surface area contributed by atoms with Crippen molar-refractivity contribution < 1.29 is 8.94 Å². The van der Waals surface area contributed by atoms with Crippen LogP contribution < -0.4 is 0 Å². The van der Waals surface area contributed by atoms with E-state index in [-0.39, 0.29) is 0 Å². The molecule has 90 valence electrons. The minimum Gasteiger partial charge on any atom is -0.438 e.